The summed E-state index contributed by atoms with van der Waals surface area (Å²) in [5.74, 6) is 0. The summed E-state index contributed by atoms with van der Waals surface area (Å²) < 4.78 is 0. The van der Waals surface area contributed by atoms with Crippen LogP contribution in [0.2, 0.25) is 10.0 Å². The highest BCUT2D eigenvalue weighted by Gasteiger charge is 2.22. The molecule has 0 radical (unpaired) electrons. The minimum absolute atomic E-state index is 0.384. The number of rotatable bonds is 1. The Hall–Kier alpha value is -0.310. The van der Waals surface area contributed by atoms with Crippen LogP contribution in [0.5, 0.6) is 0 Å². The molecule has 12 heavy (non-hydrogen) atoms. The van der Waals surface area contributed by atoms with E-state index in [1.54, 1.807) is 13.8 Å². The van der Waals surface area contributed by atoms with E-state index >= 15 is 0 Å². The fourth-order valence-corrected chi connectivity index (χ4v) is 1.82. The van der Waals surface area contributed by atoms with Crippen LogP contribution in [0, 0.1) is 0 Å². The van der Waals surface area contributed by atoms with Crippen molar-refractivity contribution in [2.45, 2.75) is 19.4 Å². The highest BCUT2D eigenvalue weighted by Crippen LogP contribution is 2.32. The largest absolute Gasteiger partial charge is 0.386 e. The van der Waals surface area contributed by atoms with Gasteiger partial charge in [0.1, 0.15) is 0 Å². The normalized spacial score (nSPS) is 11.8. The summed E-state index contributed by atoms with van der Waals surface area (Å²) in [6, 6.07) is 0. The molecule has 0 atom stereocenters. The van der Waals surface area contributed by atoms with Crippen molar-refractivity contribution in [2.24, 2.45) is 0 Å². The summed E-state index contributed by atoms with van der Waals surface area (Å²) >= 11 is 11.6. The van der Waals surface area contributed by atoms with Crippen LogP contribution < -0.4 is 0 Å². The molecular formula is C8H9Cl2NO. The Balaban J connectivity index is 3.31. The molecule has 0 fully saturated rings. The lowest BCUT2D eigenvalue weighted by atomic mass is 10.00. The minimum Gasteiger partial charge on any atom is -0.386 e. The number of nitrogens with zero attached hydrogens (tertiary/aromatic N) is 1. The SMILES string of the molecule is CC(C)(O)c1c(Cl)cncc1Cl. The van der Waals surface area contributed by atoms with Gasteiger partial charge < -0.3 is 5.11 Å². The van der Waals surface area contributed by atoms with E-state index in [2.05, 4.69) is 4.98 Å². The average Bonchev–Trinajstić information content (AvgIpc) is 1.82. The molecule has 1 aromatic heterocycles. The monoisotopic (exact) mass is 205 g/mol. The lowest BCUT2D eigenvalue weighted by Gasteiger charge is -2.19. The Morgan fingerprint density at radius 1 is 1.25 bits per heavy atom. The zero-order valence-electron chi connectivity index (χ0n) is 6.81. The van der Waals surface area contributed by atoms with Crippen LogP contribution in [-0.2, 0) is 5.60 Å². The van der Waals surface area contributed by atoms with Gasteiger partial charge in [0.15, 0.2) is 0 Å². The quantitative estimate of drug-likeness (QED) is 0.765. The van der Waals surface area contributed by atoms with Gasteiger partial charge in [0.2, 0.25) is 0 Å². The average molecular weight is 206 g/mol. The third kappa shape index (κ3) is 1.89. The molecule has 2 nitrogen and oxygen atoms in total. The van der Waals surface area contributed by atoms with Crippen LogP contribution in [0.25, 0.3) is 0 Å². The Labute approximate surface area is 81.1 Å². The van der Waals surface area contributed by atoms with Gasteiger partial charge in [-0.05, 0) is 13.8 Å². The smallest absolute Gasteiger partial charge is 0.0870 e. The van der Waals surface area contributed by atoms with Gasteiger partial charge in [-0.3, -0.25) is 4.98 Å². The van der Waals surface area contributed by atoms with Gasteiger partial charge in [0.25, 0.3) is 0 Å². The molecule has 66 valence electrons. The van der Waals surface area contributed by atoms with Crippen molar-refractivity contribution in [2.75, 3.05) is 0 Å². The van der Waals surface area contributed by atoms with E-state index in [0.29, 0.717) is 15.6 Å². The summed E-state index contributed by atoms with van der Waals surface area (Å²) in [5.41, 5.74) is -0.516. The summed E-state index contributed by atoms with van der Waals surface area (Å²) in [5, 5.41) is 10.4. The van der Waals surface area contributed by atoms with Crippen molar-refractivity contribution in [3.63, 3.8) is 0 Å². The molecule has 0 saturated carbocycles. The molecule has 0 aliphatic rings. The molecule has 1 N–H and O–H groups in total. The van der Waals surface area contributed by atoms with Crippen LogP contribution in [0.3, 0.4) is 0 Å². The first-order chi connectivity index (χ1) is 5.43. The molecule has 1 rings (SSSR count). The zero-order valence-corrected chi connectivity index (χ0v) is 8.32. The Bertz CT molecular complexity index is 273. The molecule has 0 aliphatic heterocycles. The minimum atomic E-state index is -1.03. The molecule has 0 spiro atoms. The van der Waals surface area contributed by atoms with E-state index < -0.39 is 5.60 Å². The first-order valence-electron chi connectivity index (χ1n) is 3.45. The first kappa shape index (κ1) is 9.78. The fourth-order valence-electron chi connectivity index (χ4n) is 0.996. The molecular weight excluding hydrogens is 197 g/mol. The van der Waals surface area contributed by atoms with Gasteiger partial charge in [0, 0.05) is 18.0 Å². The molecule has 0 unspecified atom stereocenters. The maximum atomic E-state index is 9.65. The van der Waals surface area contributed by atoms with Crippen LogP contribution in [-0.4, -0.2) is 10.1 Å². The van der Waals surface area contributed by atoms with Crippen LogP contribution in [0.1, 0.15) is 19.4 Å². The van der Waals surface area contributed by atoms with Crippen molar-refractivity contribution >= 4 is 23.2 Å². The van der Waals surface area contributed by atoms with Gasteiger partial charge in [-0.1, -0.05) is 23.2 Å². The standard InChI is InChI=1S/C8H9Cl2NO/c1-8(2,12)7-5(9)3-11-4-6(7)10/h3-4,12H,1-2H3. The maximum Gasteiger partial charge on any atom is 0.0870 e. The topological polar surface area (TPSA) is 33.1 Å². The van der Waals surface area contributed by atoms with E-state index in [-0.39, 0.29) is 0 Å². The Kier molecular flexibility index (Phi) is 2.61. The third-order valence-corrected chi connectivity index (χ3v) is 2.04. The molecule has 0 bridgehead atoms. The number of aromatic nitrogens is 1. The zero-order chi connectivity index (χ0) is 9.35. The van der Waals surface area contributed by atoms with Crippen molar-refractivity contribution in [1.29, 1.82) is 0 Å². The number of pyridine rings is 1. The summed E-state index contributed by atoms with van der Waals surface area (Å²) in [7, 11) is 0. The number of aliphatic hydroxyl groups is 1. The van der Waals surface area contributed by atoms with E-state index in [4.69, 9.17) is 23.2 Å². The van der Waals surface area contributed by atoms with Crippen molar-refractivity contribution in [3.05, 3.63) is 28.0 Å². The summed E-state index contributed by atoms with van der Waals surface area (Å²) in [6.45, 7) is 3.25. The fraction of sp³-hybridized carbons (Fsp3) is 0.375. The van der Waals surface area contributed by atoms with Gasteiger partial charge in [-0.25, -0.2) is 0 Å². The molecule has 0 aliphatic carbocycles. The second-order valence-corrected chi connectivity index (χ2v) is 3.85. The van der Waals surface area contributed by atoms with Crippen molar-refractivity contribution in [3.8, 4) is 0 Å². The van der Waals surface area contributed by atoms with Crippen LogP contribution in [0.15, 0.2) is 12.4 Å². The number of hydrogen-bond acceptors (Lipinski definition) is 2. The second-order valence-electron chi connectivity index (χ2n) is 3.04. The maximum absolute atomic E-state index is 9.65. The van der Waals surface area contributed by atoms with Crippen molar-refractivity contribution < 1.29 is 5.11 Å². The highest BCUT2D eigenvalue weighted by atomic mass is 35.5. The molecule has 0 aromatic carbocycles. The summed E-state index contributed by atoms with van der Waals surface area (Å²) in [4.78, 5) is 3.78. The number of halogens is 2. The van der Waals surface area contributed by atoms with E-state index in [9.17, 15) is 5.11 Å². The lowest BCUT2D eigenvalue weighted by molar-refractivity contribution is 0.0787. The molecule has 1 aromatic rings. The predicted molar refractivity (Wildman–Crippen MR) is 49.5 cm³/mol. The number of hydrogen-bond donors (Lipinski definition) is 1. The highest BCUT2D eigenvalue weighted by molar-refractivity contribution is 6.35. The van der Waals surface area contributed by atoms with Crippen LogP contribution >= 0.6 is 23.2 Å². The Morgan fingerprint density at radius 2 is 1.67 bits per heavy atom. The second kappa shape index (κ2) is 3.21. The van der Waals surface area contributed by atoms with Crippen LogP contribution in [0.4, 0.5) is 0 Å². The van der Waals surface area contributed by atoms with E-state index in [1.807, 2.05) is 0 Å². The Morgan fingerprint density at radius 3 is 1.92 bits per heavy atom. The van der Waals surface area contributed by atoms with Gasteiger partial charge in [-0.15, -0.1) is 0 Å². The molecule has 1 heterocycles. The van der Waals surface area contributed by atoms with Gasteiger partial charge in [-0.2, -0.15) is 0 Å². The first-order valence-corrected chi connectivity index (χ1v) is 4.20. The van der Waals surface area contributed by atoms with Crippen molar-refractivity contribution in [1.82, 2.24) is 4.98 Å². The molecule has 0 amide bonds. The molecule has 4 heteroatoms. The van der Waals surface area contributed by atoms with E-state index in [0.717, 1.165) is 0 Å². The molecule has 0 saturated heterocycles. The third-order valence-electron chi connectivity index (χ3n) is 1.47. The van der Waals surface area contributed by atoms with Gasteiger partial charge >= 0.3 is 0 Å². The summed E-state index contributed by atoms with van der Waals surface area (Å²) in [6.07, 6.45) is 2.92. The van der Waals surface area contributed by atoms with Gasteiger partial charge in [0.05, 0.1) is 15.6 Å². The van der Waals surface area contributed by atoms with E-state index in [1.165, 1.54) is 12.4 Å². The predicted octanol–water partition coefficient (Wildman–Crippen LogP) is 2.62. The lowest BCUT2D eigenvalue weighted by Crippen LogP contribution is -2.16.